The first-order chi connectivity index (χ1) is 9.44. The van der Waals surface area contributed by atoms with Gasteiger partial charge in [0.05, 0.1) is 31.7 Å². The zero-order chi connectivity index (χ0) is 14.6. The molecule has 1 atom stereocenters. The van der Waals surface area contributed by atoms with Gasteiger partial charge in [-0.05, 0) is 6.92 Å². The third-order valence-corrected chi connectivity index (χ3v) is 3.89. The molecule has 1 saturated heterocycles. The van der Waals surface area contributed by atoms with E-state index >= 15 is 0 Å². The van der Waals surface area contributed by atoms with Crippen molar-refractivity contribution in [2.45, 2.75) is 26.1 Å². The molecule has 1 aliphatic rings. The molecule has 1 aliphatic heterocycles. The Balaban J connectivity index is 1.82. The Bertz CT molecular complexity index is 530. The average molecular weight is 303 g/mol. The molecule has 0 saturated carbocycles. The standard InChI is InChI=1S/C11H21N5O3S/c1-10-9-19-6-5-15(10)7-11-8-16(14-13-11)4-3-12-20(2,17)18/h8,10,12H,3-7,9H2,1-2H3/t10-/m1/s1. The third kappa shape index (κ3) is 4.82. The minimum atomic E-state index is -3.15. The molecule has 1 aromatic heterocycles. The van der Waals surface area contributed by atoms with Gasteiger partial charge in [0.2, 0.25) is 10.0 Å². The van der Waals surface area contributed by atoms with E-state index in [2.05, 4.69) is 26.9 Å². The summed E-state index contributed by atoms with van der Waals surface area (Å²) in [6.45, 7) is 6.03. The quantitative estimate of drug-likeness (QED) is 0.729. The molecule has 0 radical (unpaired) electrons. The Morgan fingerprint density at radius 2 is 2.35 bits per heavy atom. The number of nitrogens with zero attached hydrogens (tertiary/aromatic N) is 4. The van der Waals surface area contributed by atoms with Crippen molar-refractivity contribution in [3.05, 3.63) is 11.9 Å². The van der Waals surface area contributed by atoms with Crippen molar-refractivity contribution in [3.8, 4) is 0 Å². The maximum Gasteiger partial charge on any atom is 0.208 e. The van der Waals surface area contributed by atoms with Crippen LogP contribution in [0.3, 0.4) is 0 Å². The van der Waals surface area contributed by atoms with Gasteiger partial charge in [-0.1, -0.05) is 5.21 Å². The van der Waals surface area contributed by atoms with Gasteiger partial charge in [-0.2, -0.15) is 0 Å². The van der Waals surface area contributed by atoms with Crippen LogP contribution in [-0.2, 0) is 27.8 Å². The molecule has 1 N–H and O–H groups in total. The van der Waals surface area contributed by atoms with Gasteiger partial charge in [-0.25, -0.2) is 13.1 Å². The van der Waals surface area contributed by atoms with Crippen molar-refractivity contribution < 1.29 is 13.2 Å². The minimum Gasteiger partial charge on any atom is -0.379 e. The number of ether oxygens (including phenoxy) is 1. The van der Waals surface area contributed by atoms with E-state index in [9.17, 15) is 8.42 Å². The highest BCUT2D eigenvalue weighted by molar-refractivity contribution is 7.88. The van der Waals surface area contributed by atoms with Crippen molar-refractivity contribution in [2.75, 3.05) is 32.6 Å². The second-order valence-electron chi connectivity index (χ2n) is 5.03. The summed E-state index contributed by atoms with van der Waals surface area (Å²) in [5.41, 5.74) is 0.887. The van der Waals surface area contributed by atoms with Gasteiger partial charge in [0, 0.05) is 31.9 Å². The summed E-state index contributed by atoms with van der Waals surface area (Å²) in [7, 11) is -3.15. The van der Waals surface area contributed by atoms with Crippen LogP contribution in [0, 0.1) is 0 Å². The number of rotatable bonds is 6. The molecule has 0 amide bonds. The largest absolute Gasteiger partial charge is 0.379 e. The lowest BCUT2D eigenvalue weighted by atomic mass is 10.2. The van der Waals surface area contributed by atoms with Crippen LogP contribution in [0.4, 0.5) is 0 Å². The van der Waals surface area contributed by atoms with Gasteiger partial charge in [-0.15, -0.1) is 5.10 Å². The molecule has 114 valence electrons. The zero-order valence-corrected chi connectivity index (χ0v) is 12.6. The van der Waals surface area contributed by atoms with Crippen LogP contribution in [0.1, 0.15) is 12.6 Å². The second kappa shape index (κ2) is 6.61. The smallest absolute Gasteiger partial charge is 0.208 e. The zero-order valence-electron chi connectivity index (χ0n) is 11.8. The van der Waals surface area contributed by atoms with Gasteiger partial charge in [0.15, 0.2) is 0 Å². The summed E-state index contributed by atoms with van der Waals surface area (Å²) < 4.78 is 31.4. The van der Waals surface area contributed by atoms with Crippen LogP contribution in [-0.4, -0.2) is 66.9 Å². The van der Waals surface area contributed by atoms with Crippen molar-refractivity contribution in [3.63, 3.8) is 0 Å². The van der Waals surface area contributed by atoms with E-state index in [1.54, 1.807) is 4.68 Å². The average Bonchev–Trinajstić information content (AvgIpc) is 2.78. The fourth-order valence-electron chi connectivity index (χ4n) is 2.07. The summed E-state index contributed by atoms with van der Waals surface area (Å²) in [6, 6.07) is 0.376. The number of sulfonamides is 1. The Hall–Kier alpha value is -1.03. The molecular weight excluding hydrogens is 282 g/mol. The van der Waals surface area contributed by atoms with Crippen LogP contribution < -0.4 is 4.72 Å². The van der Waals surface area contributed by atoms with Gasteiger partial charge in [0.1, 0.15) is 0 Å². The highest BCUT2D eigenvalue weighted by Crippen LogP contribution is 2.09. The first-order valence-corrected chi connectivity index (χ1v) is 8.48. The topological polar surface area (TPSA) is 89.4 Å². The summed E-state index contributed by atoms with van der Waals surface area (Å²) in [5.74, 6) is 0. The number of nitrogens with one attached hydrogen (secondary N) is 1. The summed E-state index contributed by atoms with van der Waals surface area (Å²) >= 11 is 0. The van der Waals surface area contributed by atoms with Crippen LogP contribution in [0.15, 0.2) is 6.20 Å². The SMILES string of the molecule is C[C@@H]1COCCN1Cc1cn(CCNS(C)(=O)=O)nn1. The molecule has 2 heterocycles. The lowest BCUT2D eigenvalue weighted by molar-refractivity contribution is -0.00492. The maximum absolute atomic E-state index is 11.0. The number of hydrogen-bond donors (Lipinski definition) is 1. The Morgan fingerprint density at radius 1 is 1.55 bits per heavy atom. The van der Waals surface area contributed by atoms with E-state index in [0.29, 0.717) is 19.1 Å². The lowest BCUT2D eigenvalue weighted by Crippen LogP contribution is -2.43. The minimum absolute atomic E-state index is 0.315. The number of morpholine rings is 1. The molecule has 0 unspecified atom stereocenters. The molecule has 0 bridgehead atoms. The van der Waals surface area contributed by atoms with E-state index in [4.69, 9.17) is 4.74 Å². The summed E-state index contributed by atoms with van der Waals surface area (Å²) in [4.78, 5) is 2.30. The van der Waals surface area contributed by atoms with Gasteiger partial charge >= 0.3 is 0 Å². The monoisotopic (exact) mass is 303 g/mol. The molecule has 0 aliphatic carbocycles. The van der Waals surface area contributed by atoms with Gasteiger partial charge in [-0.3, -0.25) is 9.58 Å². The maximum atomic E-state index is 11.0. The Kier molecular flexibility index (Phi) is 5.08. The van der Waals surface area contributed by atoms with Crippen LogP contribution in [0.2, 0.25) is 0 Å². The molecular formula is C11H21N5O3S. The van der Waals surface area contributed by atoms with Crippen molar-refractivity contribution in [2.24, 2.45) is 0 Å². The molecule has 1 fully saturated rings. The summed E-state index contributed by atoms with van der Waals surface area (Å²) in [5, 5.41) is 8.11. The predicted octanol–water partition coefficient (Wildman–Crippen LogP) is -0.952. The van der Waals surface area contributed by atoms with E-state index in [0.717, 1.165) is 38.3 Å². The molecule has 2 rings (SSSR count). The van der Waals surface area contributed by atoms with Crippen LogP contribution in [0.5, 0.6) is 0 Å². The fraction of sp³-hybridized carbons (Fsp3) is 0.818. The Labute approximate surface area is 119 Å². The van der Waals surface area contributed by atoms with Crippen molar-refractivity contribution in [1.29, 1.82) is 0 Å². The van der Waals surface area contributed by atoms with Crippen molar-refractivity contribution in [1.82, 2.24) is 24.6 Å². The molecule has 8 nitrogen and oxygen atoms in total. The van der Waals surface area contributed by atoms with E-state index in [-0.39, 0.29) is 0 Å². The molecule has 1 aromatic rings. The van der Waals surface area contributed by atoms with E-state index in [1.165, 1.54) is 0 Å². The fourth-order valence-corrected chi connectivity index (χ4v) is 2.53. The highest BCUT2D eigenvalue weighted by Gasteiger charge is 2.19. The molecule has 20 heavy (non-hydrogen) atoms. The number of aromatic nitrogens is 3. The van der Waals surface area contributed by atoms with Crippen molar-refractivity contribution >= 4 is 10.0 Å². The number of hydrogen-bond acceptors (Lipinski definition) is 6. The lowest BCUT2D eigenvalue weighted by Gasteiger charge is -2.32. The normalized spacial score (nSPS) is 21.2. The van der Waals surface area contributed by atoms with Gasteiger partial charge < -0.3 is 4.74 Å². The second-order valence-corrected chi connectivity index (χ2v) is 6.87. The van der Waals surface area contributed by atoms with Gasteiger partial charge in [0.25, 0.3) is 0 Å². The first kappa shape index (κ1) is 15.4. The molecule has 9 heteroatoms. The molecule has 0 aromatic carbocycles. The molecule has 0 spiro atoms. The van der Waals surface area contributed by atoms with Crippen LogP contribution >= 0.6 is 0 Å². The van der Waals surface area contributed by atoms with E-state index < -0.39 is 10.0 Å². The Morgan fingerprint density at radius 3 is 3.05 bits per heavy atom. The summed E-state index contributed by atoms with van der Waals surface area (Å²) in [6.07, 6.45) is 2.99. The van der Waals surface area contributed by atoms with Crippen LogP contribution in [0.25, 0.3) is 0 Å². The highest BCUT2D eigenvalue weighted by atomic mass is 32.2. The van der Waals surface area contributed by atoms with E-state index in [1.807, 2.05) is 6.20 Å². The predicted molar refractivity (Wildman–Crippen MR) is 73.6 cm³/mol. The first-order valence-electron chi connectivity index (χ1n) is 6.59. The third-order valence-electron chi connectivity index (χ3n) is 3.16.